The lowest BCUT2D eigenvalue weighted by molar-refractivity contribution is -0.167. The number of esters is 3. The van der Waals surface area contributed by atoms with Crippen LogP contribution in [0.25, 0.3) is 0 Å². The zero-order valence-electron chi connectivity index (χ0n) is 39.8. The predicted molar refractivity (Wildman–Crippen MR) is 265 cm³/mol. The smallest absolute Gasteiger partial charge is 0.306 e. The van der Waals surface area contributed by atoms with Crippen molar-refractivity contribution in [3.63, 3.8) is 0 Å². The molecule has 0 N–H and O–H groups in total. The van der Waals surface area contributed by atoms with Gasteiger partial charge in [0.25, 0.3) is 0 Å². The standard InChI is InChI=1S/C56H90O6/c1-4-7-10-13-16-19-22-25-27-28-29-32-34-37-40-43-46-49-55(58)61-52-53(51-60-54(57)48-45-42-39-36-33-30-24-21-18-15-12-9-6-3)62-56(59)50-47-44-41-38-35-31-26-23-20-17-14-11-8-5-2/h8-9,11-12,15,17-18,20-21,24-27,30-31,33,36,39,53H,4-7,10,13-14,16,19,22-23,28-29,32,34-35,37-38,40-52H2,1-3H3/b11-8+,12-9+,18-15+,20-17+,24-21+,27-25+,31-26+,33-30+,39-36+. The molecular weight excluding hydrogens is 769 g/mol. The molecule has 0 radical (unpaired) electrons. The van der Waals surface area contributed by atoms with E-state index in [4.69, 9.17) is 14.2 Å². The van der Waals surface area contributed by atoms with Crippen molar-refractivity contribution in [2.45, 2.75) is 213 Å². The summed E-state index contributed by atoms with van der Waals surface area (Å²) in [6.45, 7) is 6.27. The van der Waals surface area contributed by atoms with Crippen molar-refractivity contribution in [2.75, 3.05) is 13.2 Å². The van der Waals surface area contributed by atoms with Gasteiger partial charge in [0, 0.05) is 19.3 Å². The maximum atomic E-state index is 12.8. The van der Waals surface area contributed by atoms with E-state index in [2.05, 4.69) is 75.5 Å². The summed E-state index contributed by atoms with van der Waals surface area (Å²) >= 11 is 0. The minimum atomic E-state index is -0.821. The second kappa shape index (κ2) is 49.7. The maximum Gasteiger partial charge on any atom is 0.306 e. The van der Waals surface area contributed by atoms with E-state index in [0.717, 1.165) is 83.5 Å². The third-order valence-electron chi connectivity index (χ3n) is 10.1. The second-order valence-corrected chi connectivity index (χ2v) is 16.1. The monoisotopic (exact) mass is 859 g/mol. The van der Waals surface area contributed by atoms with Gasteiger partial charge in [0.05, 0.1) is 0 Å². The third-order valence-corrected chi connectivity index (χ3v) is 10.1. The molecule has 62 heavy (non-hydrogen) atoms. The highest BCUT2D eigenvalue weighted by Crippen LogP contribution is 2.13. The van der Waals surface area contributed by atoms with Gasteiger partial charge < -0.3 is 14.2 Å². The Hall–Kier alpha value is -3.93. The Labute approximate surface area is 380 Å². The molecule has 0 aromatic heterocycles. The van der Waals surface area contributed by atoms with E-state index in [1.807, 2.05) is 54.7 Å². The number of hydrogen-bond acceptors (Lipinski definition) is 6. The minimum Gasteiger partial charge on any atom is -0.462 e. The number of unbranched alkanes of at least 4 members (excludes halogenated alkanes) is 18. The SMILES string of the molecule is CC/C=C/C=C/C=C/C=C/C=C/CCCC(=O)OCC(COC(=O)CCCCCCCCC/C=C/CCCCCCCC)OC(=O)CCCCCC/C=C/C/C=C/C/C=C/CC. The molecule has 1 unspecified atom stereocenters. The van der Waals surface area contributed by atoms with E-state index in [1.165, 1.54) is 77.0 Å². The highest BCUT2D eigenvalue weighted by Gasteiger charge is 2.19. The Balaban J connectivity index is 4.52. The fourth-order valence-corrected chi connectivity index (χ4v) is 6.42. The van der Waals surface area contributed by atoms with Crippen LogP contribution in [0.5, 0.6) is 0 Å². The lowest BCUT2D eigenvalue weighted by atomic mass is 10.1. The van der Waals surface area contributed by atoms with Gasteiger partial charge >= 0.3 is 17.9 Å². The number of hydrogen-bond donors (Lipinski definition) is 0. The first-order chi connectivity index (χ1) is 30.5. The Morgan fingerprint density at radius 3 is 1.24 bits per heavy atom. The molecule has 0 amide bonds. The molecule has 0 rings (SSSR count). The van der Waals surface area contributed by atoms with E-state index in [0.29, 0.717) is 12.8 Å². The van der Waals surface area contributed by atoms with Gasteiger partial charge in [-0.1, -0.05) is 207 Å². The summed E-state index contributed by atoms with van der Waals surface area (Å²) in [5.41, 5.74) is 0. The molecule has 0 aromatic carbocycles. The van der Waals surface area contributed by atoms with Crippen LogP contribution in [0.15, 0.2) is 109 Å². The molecule has 0 fully saturated rings. The van der Waals surface area contributed by atoms with Crippen molar-refractivity contribution in [1.82, 2.24) is 0 Å². The van der Waals surface area contributed by atoms with Crippen LogP contribution in [0, 0.1) is 0 Å². The molecule has 0 heterocycles. The van der Waals surface area contributed by atoms with Crippen molar-refractivity contribution in [1.29, 1.82) is 0 Å². The molecule has 0 aliphatic carbocycles. The van der Waals surface area contributed by atoms with Gasteiger partial charge in [-0.25, -0.2) is 0 Å². The molecule has 6 heteroatoms. The molecule has 6 nitrogen and oxygen atoms in total. The largest absolute Gasteiger partial charge is 0.462 e. The fraction of sp³-hybridized carbons (Fsp3) is 0.625. The van der Waals surface area contributed by atoms with Gasteiger partial charge in [0.15, 0.2) is 6.10 Å². The number of ether oxygens (including phenoxy) is 3. The third kappa shape index (κ3) is 47.1. The Morgan fingerprint density at radius 1 is 0.355 bits per heavy atom. The molecule has 0 bridgehead atoms. The first kappa shape index (κ1) is 58.1. The molecule has 0 aliphatic heterocycles. The summed E-state index contributed by atoms with van der Waals surface area (Å²) in [5, 5.41) is 0. The summed E-state index contributed by atoms with van der Waals surface area (Å²) in [6, 6.07) is 0. The number of carbonyl (C=O) groups is 3. The van der Waals surface area contributed by atoms with Crippen molar-refractivity contribution in [3.8, 4) is 0 Å². The molecule has 0 saturated carbocycles. The average molecular weight is 859 g/mol. The molecule has 350 valence electrons. The van der Waals surface area contributed by atoms with E-state index in [-0.39, 0.29) is 44.0 Å². The van der Waals surface area contributed by atoms with Gasteiger partial charge in [-0.15, -0.1) is 0 Å². The van der Waals surface area contributed by atoms with Crippen LogP contribution in [0.3, 0.4) is 0 Å². The number of rotatable bonds is 43. The molecule has 0 aliphatic rings. The fourth-order valence-electron chi connectivity index (χ4n) is 6.42. The topological polar surface area (TPSA) is 78.9 Å². The first-order valence-electron chi connectivity index (χ1n) is 25.0. The molecule has 0 spiro atoms. The number of carbonyl (C=O) groups excluding carboxylic acids is 3. The van der Waals surface area contributed by atoms with Crippen LogP contribution in [0.4, 0.5) is 0 Å². The molecule has 1 atom stereocenters. The van der Waals surface area contributed by atoms with Crippen LogP contribution < -0.4 is 0 Å². The van der Waals surface area contributed by atoms with Crippen LogP contribution in [-0.4, -0.2) is 37.2 Å². The van der Waals surface area contributed by atoms with Crippen LogP contribution in [0.1, 0.15) is 207 Å². The lowest BCUT2D eigenvalue weighted by Crippen LogP contribution is -2.30. The summed E-state index contributed by atoms with van der Waals surface area (Å²) in [7, 11) is 0. The van der Waals surface area contributed by atoms with Crippen molar-refractivity contribution >= 4 is 17.9 Å². The van der Waals surface area contributed by atoms with E-state index in [9.17, 15) is 14.4 Å². The van der Waals surface area contributed by atoms with E-state index >= 15 is 0 Å². The Kier molecular flexibility index (Phi) is 46.6. The molecular formula is C56H90O6. The van der Waals surface area contributed by atoms with Gasteiger partial charge in [-0.05, 0) is 89.9 Å². The van der Waals surface area contributed by atoms with Crippen molar-refractivity contribution < 1.29 is 28.6 Å². The van der Waals surface area contributed by atoms with E-state index < -0.39 is 6.10 Å². The lowest BCUT2D eigenvalue weighted by Gasteiger charge is -2.18. The Bertz CT molecular complexity index is 1310. The van der Waals surface area contributed by atoms with Gasteiger partial charge in [0.2, 0.25) is 0 Å². The molecule has 0 saturated heterocycles. The predicted octanol–water partition coefficient (Wildman–Crippen LogP) is 16.4. The summed E-state index contributed by atoms with van der Waals surface area (Å²) < 4.78 is 16.7. The quantitative estimate of drug-likeness (QED) is 0.0200. The Morgan fingerprint density at radius 2 is 0.726 bits per heavy atom. The van der Waals surface area contributed by atoms with Crippen molar-refractivity contribution in [3.05, 3.63) is 109 Å². The first-order valence-corrected chi connectivity index (χ1v) is 25.0. The zero-order valence-corrected chi connectivity index (χ0v) is 39.8. The summed E-state index contributed by atoms with van der Waals surface area (Å²) in [4.78, 5) is 37.9. The highest BCUT2D eigenvalue weighted by atomic mass is 16.6. The van der Waals surface area contributed by atoms with Gasteiger partial charge in [0.1, 0.15) is 13.2 Å². The molecule has 0 aromatic rings. The average Bonchev–Trinajstić information content (AvgIpc) is 3.27. The normalized spacial score (nSPS) is 13.0. The van der Waals surface area contributed by atoms with Gasteiger partial charge in [-0.2, -0.15) is 0 Å². The van der Waals surface area contributed by atoms with Crippen LogP contribution in [-0.2, 0) is 28.6 Å². The zero-order chi connectivity index (χ0) is 45.1. The van der Waals surface area contributed by atoms with Crippen LogP contribution >= 0.6 is 0 Å². The maximum absolute atomic E-state index is 12.8. The van der Waals surface area contributed by atoms with Crippen LogP contribution in [0.2, 0.25) is 0 Å². The highest BCUT2D eigenvalue weighted by molar-refractivity contribution is 5.71. The number of allylic oxidation sites excluding steroid dienone is 18. The minimum absolute atomic E-state index is 0.114. The van der Waals surface area contributed by atoms with Gasteiger partial charge in [-0.3, -0.25) is 14.4 Å². The van der Waals surface area contributed by atoms with Crippen molar-refractivity contribution in [2.24, 2.45) is 0 Å². The second-order valence-electron chi connectivity index (χ2n) is 16.1. The summed E-state index contributed by atoms with van der Waals surface area (Å²) in [6.07, 6.45) is 66.5. The summed E-state index contributed by atoms with van der Waals surface area (Å²) in [5.74, 6) is -1.03. The van der Waals surface area contributed by atoms with E-state index in [1.54, 1.807) is 0 Å².